The fraction of sp³-hybridized carbons (Fsp3) is 0.100. The third kappa shape index (κ3) is 3.82. The van der Waals surface area contributed by atoms with Crippen LogP contribution in [0.1, 0.15) is 5.56 Å². The van der Waals surface area contributed by atoms with Gasteiger partial charge in [-0.1, -0.05) is 17.7 Å². The van der Waals surface area contributed by atoms with Gasteiger partial charge in [0.15, 0.2) is 6.61 Å². The van der Waals surface area contributed by atoms with Crippen LogP contribution >= 0.6 is 22.9 Å². The summed E-state index contributed by atoms with van der Waals surface area (Å²) in [4.78, 5) is 18.2. The van der Waals surface area contributed by atoms with Gasteiger partial charge in [-0.05, 0) is 60.3 Å². The van der Waals surface area contributed by atoms with Crippen molar-refractivity contribution in [3.8, 4) is 16.3 Å². The Balaban J connectivity index is 1.59. The molecule has 27 heavy (non-hydrogen) atoms. The van der Waals surface area contributed by atoms with E-state index in [4.69, 9.17) is 21.3 Å². The maximum Gasteiger partial charge on any atom is 0.263 e. The highest BCUT2D eigenvalue weighted by atomic mass is 35.5. The summed E-state index contributed by atoms with van der Waals surface area (Å²) in [5, 5.41) is 5.54. The molecule has 0 aliphatic carbocycles. The number of thiophene rings is 1. The molecule has 4 aromatic rings. The molecule has 0 aliphatic rings. The summed E-state index contributed by atoms with van der Waals surface area (Å²) in [5.74, 6) is 0.962. The largest absolute Gasteiger partial charge is 0.484 e. The molecule has 0 unspecified atom stereocenters. The number of imidazole rings is 1. The average molecular weight is 398 g/mol. The third-order valence-electron chi connectivity index (χ3n) is 3.98. The molecule has 0 saturated heterocycles. The number of nitrogens with zero attached hydrogens (tertiary/aromatic N) is 2. The van der Waals surface area contributed by atoms with Crippen LogP contribution in [0.15, 0.2) is 60.1 Å². The molecule has 0 aliphatic heterocycles. The predicted octanol–water partition coefficient (Wildman–Crippen LogP) is 5.04. The van der Waals surface area contributed by atoms with Crippen molar-refractivity contribution in [2.24, 2.45) is 0 Å². The van der Waals surface area contributed by atoms with Gasteiger partial charge in [0.05, 0.1) is 4.88 Å². The molecule has 0 fully saturated rings. The van der Waals surface area contributed by atoms with Crippen LogP contribution < -0.4 is 10.1 Å². The molecule has 1 aromatic carbocycles. The number of halogens is 1. The average Bonchev–Trinajstić information content (AvgIpc) is 3.29. The number of aryl methyl sites for hydroxylation is 1. The van der Waals surface area contributed by atoms with Crippen molar-refractivity contribution in [2.75, 3.05) is 11.9 Å². The highest BCUT2D eigenvalue weighted by molar-refractivity contribution is 7.13. The van der Waals surface area contributed by atoms with E-state index in [1.165, 1.54) is 0 Å². The van der Waals surface area contributed by atoms with Crippen LogP contribution in [0.4, 0.5) is 5.82 Å². The monoisotopic (exact) mass is 397 g/mol. The van der Waals surface area contributed by atoms with E-state index < -0.39 is 0 Å². The minimum Gasteiger partial charge on any atom is -0.484 e. The maximum atomic E-state index is 12.5. The number of anilines is 1. The molecule has 1 N–H and O–H groups in total. The van der Waals surface area contributed by atoms with Crippen molar-refractivity contribution < 1.29 is 9.53 Å². The van der Waals surface area contributed by atoms with Crippen LogP contribution in [0, 0.1) is 6.92 Å². The normalized spacial score (nSPS) is 10.9. The smallest absolute Gasteiger partial charge is 0.263 e. The Morgan fingerprint density at radius 2 is 2.07 bits per heavy atom. The number of nitrogens with one attached hydrogen (secondary N) is 1. The number of ether oxygens (including phenoxy) is 1. The molecule has 3 heterocycles. The fourth-order valence-corrected chi connectivity index (χ4v) is 3.54. The Hall–Kier alpha value is -2.83. The molecule has 3 aromatic heterocycles. The van der Waals surface area contributed by atoms with E-state index in [1.807, 2.05) is 47.2 Å². The van der Waals surface area contributed by atoms with Crippen LogP contribution in [0.2, 0.25) is 5.02 Å². The lowest BCUT2D eigenvalue weighted by Gasteiger charge is -2.09. The van der Waals surface area contributed by atoms with Gasteiger partial charge in [0, 0.05) is 11.2 Å². The second-order valence-corrected chi connectivity index (χ2v) is 7.39. The molecule has 0 bridgehead atoms. The van der Waals surface area contributed by atoms with Crippen LogP contribution in [0.5, 0.6) is 5.75 Å². The molecular weight excluding hydrogens is 382 g/mol. The topological polar surface area (TPSA) is 55.6 Å². The lowest BCUT2D eigenvalue weighted by atomic mass is 10.3. The van der Waals surface area contributed by atoms with Crippen molar-refractivity contribution in [1.29, 1.82) is 0 Å². The number of hydrogen-bond acceptors (Lipinski definition) is 4. The summed E-state index contributed by atoms with van der Waals surface area (Å²) in [7, 11) is 0. The fourth-order valence-electron chi connectivity index (χ4n) is 2.70. The van der Waals surface area contributed by atoms with E-state index in [9.17, 15) is 4.79 Å². The van der Waals surface area contributed by atoms with Crippen molar-refractivity contribution in [3.63, 3.8) is 0 Å². The van der Waals surface area contributed by atoms with E-state index >= 15 is 0 Å². The van der Waals surface area contributed by atoms with Gasteiger partial charge in [-0.3, -0.25) is 9.20 Å². The van der Waals surface area contributed by atoms with E-state index in [2.05, 4.69) is 5.32 Å². The Bertz CT molecular complexity index is 1090. The number of amides is 1. The second kappa shape index (κ2) is 7.42. The summed E-state index contributed by atoms with van der Waals surface area (Å²) >= 11 is 7.44. The molecule has 7 heteroatoms. The lowest BCUT2D eigenvalue weighted by molar-refractivity contribution is -0.118. The van der Waals surface area contributed by atoms with E-state index in [-0.39, 0.29) is 12.5 Å². The first-order valence-corrected chi connectivity index (χ1v) is 9.57. The maximum absolute atomic E-state index is 12.5. The van der Waals surface area contributed by atoms with Gasteiger partial charge < -0.3 is 10.1 Å². The number of carbonyl (C=O) groups is 1. The molecule has 0 radical (unpaired) electrons. The Labute approximate surface area is 165 Å². The first-order valence-electron chi connectivity index (χ1n) is 8.31. The van der Waals surface area contributed by atoms with Gasteiger partial charge in [-0.2, -0.15) is 0 Å². The zero-order valence-corrected chi connectivity index (χ0v) is 16.1. The quantitative estimate of drug-likeness (QED) is 0.513. The van der Waals surface area contributed by atoms with Gasteiger partial charge >= 0.3 is 0 Å². The summed E-state index contributed by atoms with van der Waals surface area (Å²) < 4.78 is 7.41. The van der Waals surface area contributed by atoms with Crippen LogP contribution in [-0.4, -0.2) is 21.9 Å². The number of hydrogen-bond donors (Lipinski definition) is 1. The van der Waals surface area contributed by atoms with Crippen molar-refractivity contribution >= 4 is 40.3 Å². The van der Waals surface area contributed by atoms with Crippen LogP contribution in [-0.2, 0) is 4.79 Å². The number of rotatable bonds is 5. The van der Waals surface area contributed by atoms with Gasteiger partial charge in [0.1, 0.15) is 22.9 Å². The van der Waals surface area contributed by atoms with E-state index in [1.54, 1.807) is 35.6 Å². The van der Waals surface area contributed by atoms with Gasteiger partial charge in [-0.25, -0.2) is 4.98 Å². The number of benzene rings is 1. The standard InChI is InChI=1S/C20H16ClN3O2S/c1-13-8-9-24-17(11-13)22-19(16-3-2-10-27-16)20(24)23-18(25)12-26-15-6-4-14(21)5-7-15/h2-11H,12H2,1H3,(H,23,25). The summed E-state index contributed by atoms with van der Waals surface area (Å²) in [5.41, 5.74) is 2.64. The predicted molar refractivity (Wildman–Crippen MR) is 109 cm³/mol. The van der Waals surface area contributed by atoms with E-state index in [0.29, 0.717) is 16.6 Å². The molecule has 4 rings (SSSR count). The molecule has 0 atom stereocenters. The molecule has 0 saturated carbocycles. The third-order valence-corrected chi connectivity index (χ3v) is 5.11. The SMILES string of the molecule is Cc1ccn2c(NC(=O)COc3ccc(Cl)cc3)c(-c3cccs3)nc2c1. The summed E-state index contributed by atoms with van der Waals surface area (Å²) in [6, 6.07) is 14.8. The van der Waals surface area contributed by atoms with Crippen molar-refractivity contribution in [2.45, 2.75) is 6.92 Å². The Morgan fingerprint density at radius 3 is 2.81 bits per heavy atom. The first-order chi connectivity index (χ1) is 13.1. The molecule has 136 valence electrons. The minimum absolute atomic E-state index is 0.107. The lowest BCUT2D eigenvalue weighted by Crippen LogP contribution is -2.21. The summed E-state index contributed by atoms with van der Waals surface area (Å²) in [6.07, 6.45) is 1.91. The van der Waals surface area contributed by atoms with Crippen molar-refractivity contribution in [1.82, 2.24) is 9.38 Å². The first kappa shape index (κ1) is 17.6. The Morgan fingerprint density at radius 1 is 1.26 bits per heavy atom. The minimum atomic E-state index is -0.259. The number of fused-ring (bicyclic) bond motifs is 1. The van der Waals surface area contributed by atoms with Gasteiger partial charge in [-0.15, -0.1) is 11.3 Å². The molecule has 1 amide bonds. The number of carbonyl (C=O) groups excluding carboxylic acids is 1. The number of pyridine rings is 1. The Kier molecular flexibility index (Phi) is 4.83. The zero-order chi connectivity index (χ0) is 18.8. The highest BCUT2D eigenvalue weighted by Crippen LogP contribution is 2.32. The summed E-state index contributed by atoms with van der Waals surface area (Å²) in [6.45, 7) is 1.91. The van der Waals surface area contributed by atoms with Gasteiger partial charge in [0.2, 0.25) is 0 Å². The van der Waals surface area contributed by atoms with Gasteiger partial charge in [0.25, 0.3) is 5.91 Å². The molecule has 5 nitrogen and oxygen atoms in total. The van der Waals surface area contributed by atoms with Crippen LogP contribution in [0.3, 0.4) is 0 Å². The second-order valence-electron chi connectivity index (χ2n) is 6.01. The van der Waals surface area contributed by atoms with E-state index in [0.717, 1.165) is 21.8 Å². The molecule has 0 spiro atoms. The zero-order valence-electron chi connectivity index (χ0n) is 14.5. The highest BCUT2D eigenvalue weighted by Gasteiger charge is 2.17. The van der Waals surface area contributed by atoms with Crippen molar-refractivity contribution in [3.05, 3.63) is 70.7 Å². The molecular formula is C20H16ClN3O2S. The van der Waals surface area contributed by atoms with Crippen LogP contribution in [0.25, 0.3) is 16.2 Å². The number of aromatic nitrogens is 2.